The second kappa shape index (κ2) is 9.86. The molecule has 31 heavy (non-hydrogen) atoms. The van der Waals surface area contributed by atoms with Gasteiger partial charge in [0.25, 0.3) is 0 Å². The number of hydrogen-bond donors (Lipinski definition) is 1. The predicted molar refractivity (Wildman–Crippen MR) is 131 cm³/mol. The summed E-state index contributed by atoms with van der Waals surface area (Å²) in [4.78, 5) is 9.67. The Kier molecular flexibility index (Phi) is 6.96. The van der Waals surface area contributed by atoms with Crippen LogP contribution in [0.1, 0.15) is 12.8 Å². The van der Waals surface area contributed by atoms with Gasteiger partial charge in [-0.1, -0.05) is 30.3 Å². The highest BCUT2D eigenvalue weighted by Gasteiger charge is 2.21. The number of piperidine rings is 1. The van der Waals surface area contributed by atoms with Gasteiger partial charge < -0.3 is 19.9 Å². The van der Waals surface area contributed by atoms with Crippen LogP contribution in [-0.2, 0) is 0 Å². The van der Waals surface area contributed by atoms with E-state index in [1.807, 2.05) is 12.3 Å². The van der Waals surface area contributed by atoms with Gasteiger partial charge in [-0.3, -0.25) is 4.98 Å². The van der Waals surface area contributed by atoms with Gasteiger partial charge >= 0.3 is 0 Å². The number of piperazine rings is 1. The molecule has 0 bridgehead atoms. The average molecular weight is 439 g/mol. The molecule has 2 saturated heterocycles. The van der Waals surface area contributed by atoms with Crippen molar-refractivity contribution < 1.29 is 4.74 Å². The Morgan fingerprint density at radius 3 is 2.42 bits per heavy atom. The first-order valence-electron chi connectivity index (χ1n) is 11.1. The Balaban J connectivity index is 0.00000231. The minimum atomic E-state index is 0. The molecule has 0 atom stereocenters. The highest BCUT2D eigenvalue weighted by molar-refractivity contribution is 5.99. The van der Waals surface area contributed by atoms with Crippen molar-refractivity contribution in [3.8, 4) is 16.9 Å². The molecule has 3 aromatic rings. The summed E-state index contributed by atoms with van der Waals surface area (Å²) in [6.07, 6.45) is 4.38. The minimum Gasteiger partial charge on any atom is -0.490 e. The van der Waals surface area contributed by atoms with E-state index in [0.29, 0.717) is 6.10 Å². The maximum atomic E-state index is 6.21. The first-order chi connectivity index (χ1) is 14.8. The molecule has 5 nitrogen and oxygen atoms in total. The molecule has 0 unspecified atom stereocenters. The van der Waals surface area contributed by atoms with Crippen LogP contribution in [0.5, 0.6) is 5.75 Å². The van der Waals surface area contributed by atoms with Crippen molar-refractivity contribution in [3.63, 3.8) is 0 Å². The number of rotatable bonds is 4. The second-order valence-electron chi connectivity index (χ2n) is 8.42. The smallest absolute Gasteiger partial charge is 0.119 e. The summed E-state index contributed by atoms with van der Waals surface area (Å²) in [6.45, 7) is 6.28. The van der Waals surface area contributed by atoms with Gasteiger partial charge in [-0.15, -0.1) is 12.4 Å². The van der Waals surface area contributed by atoms with E-state index in [9.17, 15) is 0 Å². The van der Waals surface area contributed by atoms with Crippen molar-refractivity contribution in [1.29, 1.82) is 0 Å². The molecule has 2 aliphatic heterocycles. The number of aromatic nitrogens is 1. The lowest BCUT2D eigenvalue weighted by molar-refractivity contribution is 0.162. The van der Waals surface area contributed by atoms with Gasteiger partial charge in [-0.25, -0.2) is 0 Å². The van der Waals surface area contributed by atoms with Crippen molar-refractivity contribution in [2.24, 2.45) is 0 Å². The Labute approximate surface area is 190 Å². The van der Waals surface area contributed by atoms with Crippen molar-refractivity contribution in [3.05, 3.63) is 54.7 Å². The maximum absolute atomic E-state index is 6.21. The monoisotopic (exact) mass is 438 g/mol. The lowest BCUT2D eigenvalue weighted by atomic mass is 9.99. The van der Waals surface area contributed by atoms with Crippen LogP contribution >= 0.6 is 12.4 Å². The van der Waals surface area contributed by atoms with Crippen LogP contribution in [0.15, 0.2) is 54.7 Å². The van der Waals surface area contributed by atoms with E-state index in [0.717, 1.165) is 63.4 Å². The lowest BCUT2D eigenvalue weighted by Gasteiger charge is -2.35. The largest absolute Gasteiger partial charge is 0.490 e. The fraction of sp³-hybridized carbons (Fsp3) is 0.400. The fourth-order valence-electron chi connectivity index (χ4n) is 4.53. The van der Waals surface area contributed by atoms with Gasteiger partial charge in [0.2, 0.25) is 0 Å². The molecule has 164 valence electrons. The van der Waals surface area contributed by atoms with Crippen molar-refractivity contribution in [2.45, 2.75) is 18.9 Å². The highest BCUT2D eigenvalue weighted by atomic mass is 35.5. The quantitative estimate of drug-likeness (QED) is 0.660. The number of likely N-dealkylation sites (N-methyl/N-ethyl adjacent to an activating group) is 1. The molecule has 1 N–H and O–H groups in total. The Hall–Kier alpha value is -2.34. The third-order valence-electron chi connectivity index (χ3n) is 6.32. The summed E-state index contributed by atoms with van der Waals surface area (Å²) in [7, 11) is 2.20. The molecule has 2 aromatic carbocycles. The molecule has 2 aliphatic rings. The van der Waals surface area contributed by atoms with Gasteiger partial charge in [0.15, 0.2) is 0 Å². The maximum Gasteiger partial charge on any atom is 0.119 e. The van der Waals surface area contributed by atoms with E-state index < -0.39 is 0 Å². The Bertz CT molecular complexity index is 996. The zero-order valence-electron chi connectivity index (χ0n) is 18.1. The number of hydrogen-bond acceptors (Lipinski definition) is 5. The van der Waals surface area contributed by atoms with E-state index >= 15 is 0 Å². The van der Waals surface area contributed by atoms with Gasteiger partial charge in [0.1, 0.15) is 11.9 Å². The first-order valence-corrected chi connectivity index (χ1v) is 11.1. The second-order valence-corrected chi connectivity index (χ2v) is 8.42. The molecular weight excluding hydrogens is 408 g/mol. The van der Waals surface area contributed by atoms with Crippen molar-refractivity contribution >= 4 is 29.0 Å². The van der Waals surface area contributed by atoms with Crippen LogP contribution in [0.4, 0.5) is 5.69 Å². The van der Waals surface area contributed by atoms with E-state index in [4.69, 9.17) is 9.72 Å². The molecule has 6 heteroatoms. The fourth-order valence-corrected chi connectivity index (χ4v) is 4.53. The lowest BCUT2D eigenvalue weighted by Crippen LogP contribution is -2.44. The highest BCUT2D eigenvalue weighted by Crippen LogP contribution is 2.37. The molecular formula is C25H31ClN4O. The summed E-state index contributed by atoms with van der Waals surface area (Å²) >= 11 is 0. The standard InChI is InChI=1S/C25H30N4O.ClH/c1-28-15-17-29(18-16-28)25-23(9-6-20-3-2-12-27-24(20)25)19-4-7-21(8-5-19)30-22-10-13-26-14-11-22;/h2-9,12,22,26H,10-11,13-18H2,1H3;1H. The van der Waals surface area contributed by atoms with E-state index in [1.165, 1.54) is 22.2 Å². The topological polar surface area (TPSA) is 40.6 Å². The van der Waals surface area contributed by atoms with Crippen LogP contribution in [0, 0.1) is 0 Å². The zero-order chi connectivity index (χ0) is 20.3. The molecule has 3 heterocycles. The number of nitrogens with one attached hydrogen (secondary N) is 1. The number of benzene rings is 2. The number of fused-ring (bicyclic) bond motifs is 1. The summed E-state index contributed by atoms with van der Waals surface area (Å²) in [5.74, 6) is 0.964. The molecule has 0 radical (unpaired) electrons. The van der Waals surface area contributed by atoms with Crippen molar-refractivity contribution in [2.75, 3.05) is 51.2 Å². The van der Waals surface area contributed by atoms with Gasteiger partial charge in [-0.05, 0) is 56.7 Å². The SMILES string of the molecule is CN1CCN(c2c(-c3ccc(OC4CCNCC4)cc3)ccc3cccnc23)CC1.Cl. The number of ether oxygens (including phenoxy) is 1. The van der Waals surface area contributed by atoms with E-state index in [1.54, 1.807) is 0 Å². The van der Waals surface area contributed by atoms with Crippen molar-refractivity contribution in [1.82, 2.24) is 15.2 Å². The Morgan fingerprint density at radius 1 is 0.935 bits per heavy atom. The van der Waals surface area contributed by atoms with Gasteiger partial charge in [-0.2, -0.15) is 0 Å². The van der Waals surface area contributed by atoms with Crippen LogP contribution < -0.4 is 15.0 Å². The van der Waals surface area contributed by atoms with Crippen LogP contribution in [-0.4, -0.2) is 62.3 Å². The Morgan fingerprint density at radius 2 is 1.68 bits per heavy atom. The molecule has 0 spiro atoms. The van der Waals surface area contributed by atoms with Crippen LogP contribution in [0.25, 0.3) is 22.0 Å². The first kappa shape index (κ1) is 21.9. The van der Waals surface area contributed by atoms with Crippen LogP contribution in [0.2, 0.25) is 0 Å². The van der Waals surface area contributed by atoms with Crippen LogP contribution in [0.3, 0.4) is 0 Å². The normalized spacial score (nSPS) is 18.0. The van der Waals surface area contributed by atoms with Gasteiger partial charge in [0.05, 0.1) is 11.2 Å². The average Bonchev–Trinajstić information content (AvgIpc) is 2.80. The van der Waals surface area contributed by atoms with E-state index in [-0.39, 0.29) is 12.4 Å². The molecule has 1 aromatic heterocycles. The molecule has 0 saturated carbocycles. The zero-order valence-corrected chi connectivity index (χ0v) is 18.9. The molecule has 5 rings (SSSR count). The third kappa shape index (κ3) is 4.79. The number of anilines is 1. The molecule has 2 fully saturated rings. The van der Waals surface area contributed by atoms with Gasteiger partial charge in [0, 0.05) is 43.3 Å². The third-order valence-corrected chi connectivity index (χ3v) is 6.32. The van der Waals surface area contributed by atoms with E-state index in [2.05, 4.69) is 64.6 Å². The number of halogens is 1. The summed E-state index contributed by atoms with van der Waals surface area (Å²) in [6, 6.07) is 17.2. The molecule has 0 aliphatic carbocycles. The summed E-state index contributed by atoms with van der Waals surface area (Å²) in [5.41, 5.74) is 4.82. The summed E-state index contributed by atoms with van der Waals surface area (Å²) in [5, 5.41) is 4.59. The number of pyridine rings is 1. The summed E-state index contributed by atoms with van der Waals surface area (Å²) < 4.78 is 6.21. The minimum absolute atomic E-state index is 0. The number of nitrogens with zero attached hydrogens (tertiary/aromatic N) is 3. The predicted octanol–water partition coefficient (Wildman–Crippen LogP) is 4.21. The molecule has 0 amide bonds.